The lowest BCUT2D eigenvalue weighted by Crippen LogP contribution is -2.62. The van der Waals surface area contributed by atoms with Crippen molar-refractivity contribution >= 4 is 32.0 Å². The summed E-state index contributed by atoms with van der Waals surface area (Å²) in [5, 5.41) is 9.53. The van der Waals surface area contributed by atoms with Crippen LogP contribution in [0.15, 0.2) is 10.6 Å². The first kappa shape index (κ1) is 19.9. The van der Waals surface area contributed by atoms with Crippen molar-refractivity contribution in [3.63, 3.8) is 0 Å². The molecule has 4 atom stereocenters. The average Bonchev–Trinajstić information content (AvgIpc) is 3.10. The van der Waals surface area contributed by atoms with E-state index in [-0.39, 0.29) is 40.1 Å². The summed E-state index contributed by atoms with van der Waals surface area (Å²) in [4.78, 5) is 26.7. The topological polar surface area (TPSA) is 76.1 Å². The van der Waals surface area contributed by atoms with Gasteiger partial charge < -0.3 is 14.3 Å². The van der Waals surface area contributed by atoms with Gasteiger partial charge >= 0.3 is 5.97 Å². The first-order valence-electron chi connectivity index (χ1n) is 9.22. The molecule has 3 rings (SSSR count). The highest BCUT2D eigenvalue weighted by atomic mass is 32.2. The van der Waals surface area contributed by atoms with E-state index >= 15 is 0 Å². The summed E-state index contributed by atoms with van der Waals surface area (Å²) in [7, 11) is -2.00. The summed E-state index contributed by atoms with van der Waals surface area (Å²) in [6.07, 6.45) is 1.32. The number of hydrogen-bond donors (Lipinski definition) is 1. The molecular formula is C18H29NO5SSi. The third-order valence-electron chi connectivity index (χ3n) is 6.02. The van der Waals surface area contributed by atoms with Crippen LogP contribution in [0, 0.1) is 5.92 Å². The van der Waals surface area contributed by atoms with Gasteiger partial charge in [0.05, 0.1) is 18.1 Å². The van der Waals surface area contributed by atoms with Crippen LogP contribution in [-0.2, 0) is 18.8 Å². The normalized spacial score (nSPS) is 30.5. The van der Waals surface area contributed by atoms with E-state index in [9.17, 15) is 14.7 Å². The zero-order valence-corrected chi connectivity index (χ0v) is 18.2. The van der Waals surface area contributed by atoms with Gasteiger partial charge in [0.15, 0.2) is 8.32 Å². The smallest absolute Gasteiger partial charge is 0.353 e. The number of β-lactam (4-membered cyclic amide) rings is 1. The van der Waals surface area contributed by atoms with Crippen molar-refractivity contribution in [2.75, 3.05) is 6.61 Å². The van der Waals surface area contributed by atoms with E-state index in [2.05, 4.69) is 33.9 Å². The molecule has 2 saturated heterocycles. The number of ether oxygens (including phenoxy) is 1. The Kier molecular flexibility index (Phi) is 5.09. The molecule has 146 valence electrons. The molecule has 0 saturated carbocycles. The number of carbonyl (C=O) groups excluding carboxylic acids is 1. The van der Waals surface area contributed by atoms with Gasteiger partial charge in [-0.25, -0.2) is 4.79 Å². The fraction of sp³-hybridized carbons (Fsp3) is 0.778. The minimum Gasteiger partial charge on any atom is -0.477 e. The lowest BCUT2D eigenvalue weighted by molar-refractivity contribution is -0.156. The number of carboxylic acid groups (broad SMARTS) is 1. The molecule has 0 radical (unpaired) electrons. The fourth-order valence-corrected chi connectivity index (χ4v) is 6.65. The minimum absolute atomic E-state index is 0.0594. The van der Waals surface area contributed by atoms with Gasteiger partial charge in [0.1, 0.15) is 11.1 Å². The second-order valence-electron chi connectivity index (χ2n) is 8.85. The van der Waals surface area contributed by atoms with Gasteiger partial charge in [-0.2, -0.15) is 0 Å². The van der Waals surface area contributed by atoms with Crippen LogP contribution in [0.25, 0.3) is 0 Å². The number of aliphatic carboxylic acids is 1. The molecule has 0 bridgehead atoms. The number of hydrogen-bond acceptors (Lipinski definition) is 5. The van der Waals surface area contributed by atoms with Crippen LogP contribution in [0.2, 0.25) is 18.1 Å². The van der Waals surface area contributed by atoms with Crippen molar-refractivity contribution in [3.8, 4) is 0 Å². The fourth-order valence-electron chi connectivity index (χ4n) is 3.52. The summed E-state index contributed by atoms with van der Waals surface area (Å²) in [5.74, 6) is -1.49. The lowest BCUT2D eigenvalue weighted by atomic mass is 9.92. The Bertz CT molecular complexity index is 650. The molecule has 0 unspecified atom stereocenters. The van der Waals surface area contributed by atoms with Crippen molar-refractivity contribution < 1.29 is 23.9 Å². The van der Waals surface area contributed by atoms with Gasteiger partial charge in [-0.15, -0.1) is 0 Å². The Hall–Kier alpha value is -0.833. The Labute approximate surface area is 160 Å². The maximum absolute atomic E-state index is 12.8. The van der Waals surface area contributed by atoms with Gasteiger partial charge in [-0.1, -0.05) is 32.5 Å². The lowest BCUT2D eigenvalue weighted by Gasteiger charge is -2.48. The molecule has 3 aliphatic heterocycles. The first-order valence-corrected chi connectivity index (χ1v) is 13.0. The highest BCUT2D eigenvalue weighted by Crippen LogP contribution is 2.53. The molecule has 0 aliphatic carbocycles. The molecule has 26 heavy (non-hydrogen) atoms. The van der Waals surface area contributed by atoms with Crippen LogP contribution in [0.1, 0.15) is 40.5 Å². The van der Waals surface area contributed by atoms with Crippen LogP contribution >= 0.6 is 11.8 Å². The molecular weight excluding hydrogens is 370 g/mol. The van der Waals surface area contributed by atoms with E-state index in [1.807, 2.05) is 6.92 Å². The molecule has 0 aromatic carbocycles. The zero-order chi connectivity index (χ0) is 19.4. The molecule has 3 heterocycles. The maximum Gasteiger partial charge on any atom is 0.353 e. The number of carbonyl (C=O) groups is 2. The number of thioether (sulfide) groups is 1. The number of rotatable bonds is 5. The van der Waals surface area contributed by atoms with Crippen molar-refractivity contribution in [1.82, 2.24) is 4.90 Å². The van der Waals surface area contributed by atoms with Crippen LogP contribution in [0.5, 0.6) is 0 Å². The molecule has 0 spiro atoms. The number of nitrogens with zero attached hydrogens (tertiary/aromatic N) is 1. The van der Waals surface area contributed by atoms with E-state index in [1.165, 1.54) is 16.7 Å². The molecule has 1 amide bonds. The summed E-state index contributed by atoms with van der Waals surface area (Å²) in [5.41, 5.74) is 0.118. The summed E-state index contributed by atoms with van der Waals surface area (Å²) >= 11 is 1.48. The highest BCUT2D eigenvalue weighted by molar-refractivity contribution is 8.04. The van der Waals surface area contributed by atoms with Gasteiger partial charge in [0.2, 0.25) is 5.91 Å². The Morgan fingerprint density at radius 2 is 2.08 bits per heavy atom. The number of amides is 1. The molecule has 2 fully saturated rings. The second kappa shape index (κ2) is 6.65. The van der Waals surface area contributed by atoms with E-state index in [4.69, 9.17) is 9.16 Å². The van der Waals surface area contributed by atoms with E-state index in [1.54, 1.807) is 0 Å². The summed E-state index contributed by atoms with van der Waals surface area (Å²) in [6, 6.07) is 0. The number of carboxylic acids is 1. The predicted octanol–water partition coefficient (Wildman–Crippen LogP) is 3.40. The molecule has 8 heteroatoms. The summed E-state index contributed by atoms with van der Waals surface area (Å²) < 4.78 is 12.1. The van der Waals surface area contributed by atoms with Gasteiger partial charge in [-0.05, 0) is 37.9 Å². The van der Waals surface area contributed by atoms with E-state index < -0.39 is 14.3 Å². The Morgan fingerprint density at radius 1 is 1.42 bits per heavy atom. The second-order valence-corrected chi connectivity index (χ2v) is 14.8. The Balaban J connectivity index is 1.78. The van der Waals surface area contributed by atoms with Gasteiger partial charge in [-0.3, -0.25) is 9.69 Å². The SMILES string of the molecule is C[C@@H](O[Si](C)(C)C(C)(C)C)[C@H]1C(=O)N2C(C(=O)O)=C([C@H]3CCCO3)S[C@H]12. The zero-order valence-electron chi connectivity index (χ0n) is 16.4. The quantitative estimate of drug-likeness (QED) is 0.564. The van der Waals surface area contributed by atoms with Crippen LogP contribution in [0.4, 0.5) is 0 Å². The van der Waals surface area contributed by atoms with Gasteiger partial charge in [0.25, 0.3) is 0 Å². The van der Waals surface area contributed by atoms with Crippen LogP contribution < -0.4 is 0 Å². The molecule has 1 N–H and O–H groups in total. The number of fused-ring (bicyclic) bond motifs is 1. The van der Waals surface area contributed by atoms with Crippen molar-refractivity contribution in [3.05, 3.63) is 10.6 Å². The predicted molar refractivity (Wildman–Crippen MR) is 103 cm³/mol. The monoisotopic (exact) mass is 399 g/mol. The van der Waals surface area contributed by atoms with Crippen LogP contribution in [-0.4, -0.2) is 54.4 Å². The third-order valence-corrected chi connectivity index (χ3v) is 12.1. The van der Waals surface area contributed by atoms with Crippen molar-refractivity contribution in [2.24, 2.45) is 5.92 Å². The molecule has 3 aliphatic rings. The minimum atomic E-state index is -2.00. The maximum atomic E-state index is 12.8. The third kappa shape index (κ3) is 3.14. The summed E-state index contributed by atoms with van der Waals surface area (Å²) in [6.45, 7) is 13.5. The molecule has 0 aromatic rings. The van der Waals surface area contributed by atoms with E-state index in [0.717, 1.165) is 12.8 Å². The first-order chi connectivity index (χ1) is 12.0. The van der Waals surface area contributed by atoms with Crippen molar-refractivity contribution in [1.29, 1.82) is 0 Å². The van der Waals surface area contributed by atoms with Gasteiger partial charge in [0, 0.05) is 11.5 Å². The molecule has 6 nitrogen and oxygen atoms in total. The van der Waals surface area contributed by atoms with Crippen LogP contribution in [0.3, 0.4) is 0 Å². The average molecular weight is 400 g/mol. The largest absolute Gasteiger partial charge is 0.477 e. The van der Waals surface area contributed by atoms with E-state index in [0.29, 0.717) is 11.5 Å². The molecule has 0 aromatic heterocycles. The Morgan fingerprint density at radius 3 is 2.58 bits per heavy atom. The highest BCUT2D eigenvalue weighted by Gasteiger charge is 2.59. The standard InChI is InChI=1S/C18H29NO5SSi/c1-10(24-26(5,6)18(2,3)4)12-15(20)19-13(17(21)22)14(25-16(12)19)11-8-7-9-23-11/h10-12,16H,7-9H2,1-6H3,(H,21,22)/t10-,11-,12+,16-/m1/s1. The van der Waals surface area contributed by atoms with Crippen molar-refractivity contribution in [2.45, 2.75) is 76.3 Å².